The SMILES string of the molecule is Cc1ccc(C)c2[nH]c(=O)c([C@H](c3nnnn3C(C)(C)C)[NH+]3CCOCC3)cc12. The molecule has 0 spiro atoms. The Balaban J connectivity index is 1.95. The second kappa shape index (κ2) is 7.35. The monoisotopic (exact) mass is 397 g/mol. The fourth-order valence-electron chi connectivity index (χ4n) is 4.12. The topological polar surface area (TPSA) is 90.1 Å². The maximum atomic E-state index is 13.3. The lowest BCUT2D eigenvalue weighted by molar-refractivity contribution is -0.934. The predicted molar refractivity (Wildman–Crippen MR) is 110 cm³/mol. The predicted octanol–water partition coefficient (Wildman–Crippen LogP) is 0.891. The third-order valence-electron chi connectivity index (χ3n) is 5.71. The van der Waals surface area contributed by atoms with E-state index in [-0.39, 0.29) is 17.1 Å². The highest BCUT2D eigenvalue weighted by atomic mass is 16.5. The number of aryl methyl sites for hydroxylation is 2. The average molecular weight is 398 g/mol. The number of pyridine rings is 1. The summed E-state index contributed by atoms with van der Waals surface area (Å²) in [5.41, 5.74) is 3.41. The molecule has 0 unspecified atom stereocenters. The zero-order valence-electron chi connectivity index (χ0n) is 17.7. The minimum atomic E-state index is -0.293. The molecule has 1 fully saturated rings. The van der Waals surface area contributed by atoms with E-state index in [1.807, 2.05) is 23.7 Å². The first kappa shape index (κ1) is 19.7. The Morgan fingerprint density at radius 2 is 1.86 bits per heavy atom. The largest absolute Gasteiger partial charge is 0.370 e. The molecule has 2 aromatic heterocycles. The smallest absolute Gasteiger partial charge is 0.258 e. The lowest BCUT2D eigenvalue weighted by atomic mass is 9.98. The number of aromatic nitrogens is 5. The minimum Gasteiger partial charge on any atom is -0.370 e. The molecule has 3 heterocycles. The third-order valence-corrected chi connectivity index (χ3v) is 5.71. The Bertz CT molecular complexity index is 1090. The summed E-state index contributed by atoms with van der Waals surface area (Å²) in [7, 11) is 0. The van der Waals surface area contributed by atoms with E-state index < -0.39 is 0 Å². The highest BCUT2D eigenvalue weighted by Gasteiger charge is 2.37. The van der Waals surface area contributed by atoms with E-state index in [1.165, 1.54) is 4.90 Å². The van der Waals surface area contributed by atoms with Crippen LogP contribution in [-0.2, 0) is 10.3 Å². The van der Waals surface area contributed by atoms with Crippen molar-refractivity contribution in [2.75, 3.05) is 26.3 Å². The molecule has 0 saturated carbocycles. The van der Waals surface area contributed by atoms with Crippen molar-refractivity contribution in [3.8, 4) is 0 Å². The van der Waals surface area contributed by atoms with E-state index in [9.17, 15) is 4.79 Å². The summed E-state index contributed by atoms with van der Waals surface area (Å²) < 4.78 is 7.41. The Labute approximate surface area is 169 Å². The van der Waals surface area contributed by atoms with Crippen LogP contribution in [0.4, 0.5) is 0 Å². The summed E-state index contributed by atoms with van der Waals surface area (Å²) in [5.74, 6) is 0.713. The molecule has 1 atom stereocenters. The van der Waals surface area contributed by atoms with Gasteiger partial charge in [-0.05, 0) is 62.2 Å². The lowest BCUT2D eigenvalue weighted by Crippen LogP contribution is -3.14. The van der Waals surface area contributed by atoms with Crippen molar-refractivity contribution in [2.45, 2.75) is 46.2 Å². The Kier molecular flexibility index (Phi) is 5.00. The molecule has 1 aromatic carbocycles. The van der Waals surface area contributed by atoms with Gasteiger partial charge in [-0.15, -0.1) is 5.10 Å². The lowest BCUT2D eigenvalue weighted by Gasteiger charge is -2.32. The highest BCUT2D eigenvalue weighted by molar-refractivity contribution is 5.85. The summed E-state index contributed by atoms with van der Waals surface area (Å²) >= 11 is 0. The van der Waals surface area contributed by atoms with E-state index in [0.29, 0.717) is 24.6 Å². The molecule has 0 bridgehead atoms. The van der Waals surface area contributed by atoms with Gasteiger partial charge in [-0.1, -0.05) is 12.1 Å². The van der Waals surface area contributed by atoms with Crippen molar-refractivity contribution in [1.29, 1.82) is 0 Å². The van der Waals surface area contributed by atoms with Crippen molar-refractivity contribution in [2.24, 2.45) is 0 Å². The first-order chi connectivity index (χ1) is 13.8. The van der Waals surface area contributed by atoms with Gasteiger partial charge in [-0.25, -0.2) is 4.68 Å². The third kappa shape index (κ3) is 3.58. The van der Waals surface area contributed by atoms with E-state index in [1.54, 1.807) is 0 Å². The molecule has 0 radical (unpaired) electrons. The molecular weight excluding hydrogens is 368 g/mol. The van der Waals surface area contributed by atoms with Gasteiger partial charge < -0.3 is 14.6 Å². The number of aromatic amines is 1. The quantitative estimate of drug-likeness (QED) is 0.685. The van der Waals surface area contributed by atoms with Crippen LogP contribution in [0.15, 0.2) is 23.0 Å². The number of hydrogen-bond donors (Lipinski definition) is 2. The molecule has 0 aliphatic carbocycles. The second-order valence-electron chi connectivity index (χ2n) is 8.87. The normalized spacial score (nSPS) is 17.0. The number of rotatable bonds is 3. The van der Waals surface area contributed by atoms with E-state index in [2.05, 4.69) is 54.3 Å². The summed E-state index contributed by atoms with van der Waals surface area (Å²) in [6, 6.07) is 5.90. The highest BCUT2D eigenvalue weighted by Crippen LogP contribution is 2.25. The maximum absolute atomic E-state index is 13.3. The van der Waals surface area contributed by atoms with Crippen LogP contribution in [0.2, 0.25) is 0 Å². The van der Waals surface area contributed by atoms with Crippen molar-refractivity contribution in [3.05, 3.63) is 51.1 Å². The van der Waals surface area contributed by atoms with Gasteiger partial charge in [-0.2, -0.15) is 0 Å². The average Bonchev–Trinajstić information content (AvgIpc) is 3.17. The first-order valence-corrected chi connectivity index (χ1v) is 10.1. The van der Waals surface area contributed by atoms with Gasteiger partial charge in [0, 0.05) is 5.39 Å². The van der Waals surface area contributed by atoms with Gasteiger partial charge in [-0.3, -0.25) is 4.79 Å². The van der Waals surface area contributed by atoms with Crippen molar-refractivity contribution in [1.82, 2.24) is 25.2 Å². The summed E-state index contributed by atoms with van der Waals surface area (Å²) in [4.78, 5) is 17.6. The van der Waals surface area contributed by atoms with Crippen molar-refractivity contribution < 1.29 is 9.64 Å². The number of hydrogen-bond acceptors (Lipinski definition) is 5. The number of morpholine rings is 1. The first-order valence-electron chi connectivity index (χ1n) is 10.1. The number of benzene rings is 1. The van der Waals surface area contributed by atoms with Gasteiger partial charge in [0.05, 0.1) is 29.8 Å². The Hall–Kier alpha value is -2.58. The van der Waals surface area contributed by atoms with Gasteiger partial charge in [0.1, 0.15) is 13.1 Å². The molecule has 4 rings (SSSR count). The maximum Gasteiger partial charge on any atom is 0.258 e. The van der Waals surface area contributed by atoms with Crippen LogP contribution in [0.1, 0.15) is 49.3 Å². The Morgan fingerprint density at radius 3 is 2.55 bits per heavy atom. The molecule has 3 aromatic rings. The number of tetrazole rings is 1. The molecule has 29 heavy (non-hydrogen) atoms. The van der Waals surface area contributed by atoms with Crippen LogP contribution in [0.5, 0.6) is 0 Å². The number of fused-ring (bicyclic) bond motifs is 1. The van der Waals surface area contributed by atoms with E-state index >= 15 is 0 Å². The molecule has 1 aliphatic rings. The van der Waals surface area contributed by atoms with Gasteiger partial charge in [0.25, 0.3) is 5.56 Å². The van der Waals surface area contributed by atoms with Crippen LogP contribution in [0, 0.1) is 13.8 Å². The van der Waals surface area contributed by atoms with Crippen molar-refractivity contribution in [3.63, 3.8) is 0 Å². The molecular formula is C21H29N6O2+. The van der Waals surface area contributed by atoms with Crippen LogP contribution >= 0.6 is 0 Å². The van der Waals surface area contributed by atoms with Crippen LogP contribution in [0.25, 0.3) is 10.9 Å². The van der Waals surface area contributed by atoms with Gasteiger partial charge >= 0.3 is 0 Å². The fraction of sp³-hybridized carbons (Fsp3) is 0.524. The van der Waals surface area contributed by atoms with Crippen LogP contribution in [-0.4, -0.2) is 51.5 Å². The van der Waals surface area contributed by atoms with Crippen LogP contribution < -0.4 is 10.5 Å². The molecule has 8 heteroatoms. The van der Waals surface area contributed by atoms with Crippen LogP contribution in [0.3, 0.4) is 0 Å². The summed E-state index contributed by atoms with van der Waals surface area (Å²) in [5, 5.41) is 13.7. The van der Waals surface area contributed by atoms with Gasteiger partial charge in [0.15, 0.2) is 6.04 Å². The number of nitrogens with one attached hydrogen (secondary N) is 2. The van der Waals surface area contributed by atoms with E-state index in [4.69, 9.17) is 4.74 Å². The molecule has 1 aliphatic heterocycles. The molecule has 0 amide bonds. The van der Waals surface area contributed by atoms with Gasteiger partial charge in [0.2, 0.25) is 5.82 Å². The Morgan fingerprint density at radius 1 is 1.17 bits per heavy atom. The standard InChI is InChI=1S/C21H28N6O2/c1-13-6-7-14(2)17-15(13)12-16(20(28)22-17)18(26-8-10-29-11-9-26)19-23-24-25-27(19)21(3,4)5/h6-7,12,18H,8-11H2,1-5H3,(H,22,28)/p+1/t18-/m1/s1. The molecule has 2 N–H and O–H groups in total. The minimum absolute atomic E-state index is 0.0846. The molecule has 1 saturated heterocycles. The molecule has 154 valence electrons. The molecule has 8 nitrogen and oxygen atoms in total. The van der Waals surface area contributed by atoms with Crippen molar-refractivity contribution >= 4 is 10.9 Å². The number of nitrogens with zero attached hydrogens (tertiary/aromatic N) is 4. The number of H-pyrrole nitrogens is 1. The summed E-state index contributed by atoms with van der Waals surface area (Å²) in [6.45, 7) is 13.2. The number of quaternary nitrogens is 1. The zero-order chi connectivity index (χ0) is 20.8. The number of ether oxygens (including phenoxy) is 1. The summed E-state index contributed by atoms with van der Waals surface area (Å²) in [6.07, 6.45) is 0. The zero-order valence-corrected chi connectivity index (χ0v) is 17.7. The fourth-order valence-corrected chi connectivity index (χ4v) is 4.12. The van der Waals surface area contributed by atoms with E-state index in [0.717, 1.165) is 35.1 Å². The second-order valence-corrected chi connectivity index (χ2v) is 8.87.